The number of methoxy groups -OCH3 is 1. The minimum atomic E-state index is -0.818. The van der Waals surface area contributed by atoms with Gasteiger partial charge in [-0.05, 0) is 31.7 Å². The Labute approximate surface area is 130 Å². The highest BCUT2D eigenvalue weighted by molar-refractivity contribution is 5.93. The van der Waals surface area contributed by atoms with Crippen molar-refractivity contribution in [2.45, 2.75) is 38.5 Å². The summed E-state index contributed by atoms with van der Waals surface area (Å²) in [5.41, 5.74) is 4.54. The second-order valence-corrected chi connectivity index (χ2v) is 6.34. The van der Waals surface area contributed by atoms with Crippen molar-refractivity contribution in [3.63, 3.8) is 0 Å². The summed E-state index contributed by atoms with van der Waals surface area (Å²) in [7, 11) is 1.46. The Morgan fingerprint density at radius 3 is 2.82 bits per heavy atom. The van der Waals surface area contributed by atoms with Crippen LogP contribution in [0.5, 0.6) is 0 Å². The highest BCUT2D eigenvalue weighted by atomic mass is 16.5. The lowest BCUT2D eigenvalue weighted by molar-refractivity contribution is -0.156. The van der Waals surface area contributed by atoms with Crippen molar-refractivity contribution in [2.24, 2.45) is 17.1 Å². The highest BCUT2D eigenvalue weighted by Gasteiger charge is 2.53. The molecule has 1 saturated carbocycles. The van der Waals surface area contributed by atoms with E-state index in [1.807, 2.05) is 0 Å². The summed E-state index contributed by atoms with van der Waals surface area (Å²) in [5.74, 6) is -0.0916. The van der Waals surface area contributed by atoms with Crippen molar-refractivity contribution in [3.05, 3.63) is 0 Å². The quantitative estimate of drug-likeness (QED) is 0.725. The van der Waals surface area contributed by atoms with Crippen LogP contribution in [0.2, 0.25) is 0 Å². The summed E-state index contributed by atoms with van der Waals surface area (Å²) in [6, 6.07) is -0.818. The van der Waals surface area contributed by atoms with Gasteiger partial charge in [0.15, 0.2) is 0 Å². The number of fused-ring (bicyclic) bond motifs is 1. The minimum absolute atomic E-state index is 0.0915. The van der Waals surface area contributed by atoms with E-state index < -0.39 is 6.03 Å². The molecule has 3 amide bonds. The Morgan fingerprint density at radius 1 is 1.36 bits per heavy atom. The van der Waals surface area contributed by atoms with Gasteiger partial charge in [-0.3, -0.25) is 14.9 Å². The number of carbonyl (C=O) groups excluding carboxylic acids is 3. The third-order valence-corrected chi connectivity index (χ3v) is 4.92. The number of ether oxygens (including phenoxy) is 1. The first-order valence-corrected chi connectivity index (χ1v) is 7.88. The second-order valence-electron chi connectivity index (χ2n) is 6.34. The molecule has 2 aliphatic rings. The number of hydrogen-bond donors (Lipinski definition) is 2. The number of nitrogens with two attached hydrogens (primary N) is 1. The summed E-state index contributed by atoms with van der Waals surface area (Å²) < 4.78 is 5.05. The van der Waals surface area contributed by atoms with Gasteiger partial charge < -0.3 is 15.4 Å². The monoisotopic (exact) mass is 311 g/mol. The first-order chi connectivity index (χ1) is 10.5. The SMILES string of the molecule is COC(=O)[C@@]12CCCC[C@@H]1CN(CCCC(=O)NC(N)=O)C2. The Balaban J connectivity index is 1.86. The lowest BCUT2D eigenvalue weighted by atomic mass is 9.68. The first-order valence-electron chi connectivity index (χ1n) is 7.88. The van der Waals surface area contributed by atoms with Crippen molar-refractivity contribution in [3.8, 4) is 0 Å². The molecule has 0 spiro atoms. The van der Waals surface area contributed by atoms with Gasteiger partial charge in [0.2, 0.25) is 5.91 Å². The van der Waals surface area contributed by atoms with Gasteiger partial charge in [-0.25, -0.2) is 4.79 Å². The molecule has 0 unspecified atom stereocenters. The highest BCUT2D eigenvalue weighted by Crippen LogP contribution is 2.47. The zero-order chi connectivity index (χ0) is 16.2. The van der Waals surface area contributed by atoms with E-state index in [9.17, 15) is 14.4 Å². The van der Waals surface area contributed by atoms with Crippen LogP contribution in [0.3, 0.4) is 0 Å². The predicted octanol–water partition coefficient (Wildman–Crippen LogP) is 0.627. The third kappa shape index (κ3) is 3.58. The number of amides is 3. The zero-order valence-electron chi connectivity index (χ0n) is 13.1. The van der Waals surface area contributed by atoms with Crippen LogP contribution < -0.4 is 11.1 Å². The lowest BCUT2D eigenvalue weighted by Gasteiger charge is -2.35. The van der Waals surface area contributed by atoms with Gasteiger partial charge in [0, 0.05) is 19.5 Å². The molecule has 22 heavy (non-hydrogen) atoms. The van der Waals surface area contributed by atoms with Crippen molar-refractivity contribution in [2.75, 3.05) is 26.7 Å². The van der Waals surface area contributed by atoms with Gasteiger partial charge >= 0.3 is 12.0 Å². The van der Waals surface area contributed by atoms with Crippen molar-refractivity contribution >= 4 is 17.9 Å². The molecule has 1 aliphatic heterocycles. The first kappa shape index (κ1) is 16.7. The molecule has 2 rings (SSSR count). The standard InChI is InChI=1S/C15H25N3O4/c1-22-13(20)15-7-3-2-5-11(15)9-18(10-15)8-4-6-12(19)17-14(16)21/h11H,2-10H2,1H3,(H3,16,17,19,21)/t11-,15-/m1/s1. The number of nitrogens with zero attached hydrogens (tertiary/aromatic N) is 1. The number of carbonyl (C=O) groups is 3. The molecule has 0 radical (unpaired) electrons. The molecule has 0 aromatic heterocycles. The maximum atomic E-state index is 12.3. The zero-order valence-corrected chi connectivity index (χ0v) is 13.1. The van der Waals surface area contributed by atoms with Crippen LogP contribution in [0.4, 0.5) is 4.79 Å². The van der Waals surface area contributed by atoms with Gasteiger partial charge in [-0.1, -0.05) is 12.8 Å². The number of urea groups is 1. The number of primary amides is 1. The molecule has 7 nitrogen and oxygen atoms in total. The molecular formula is C15H25N3O4. The number of esters is 1. The average Bonchev–Trinajstić information content (AvgIpc) is 2.85. The topological polar surface area (TPSA) is 102 Å². The van der Waals surface area contributed by atoms with Crippen molar-refractivity contribution in [1.29, 1.82) is 0 Å². The minimum Gasteiger partial charge on any atom is -0.469 e. The van der Waals surface area contributed by atoms with Gasteiger partial charge in [-0.2, -0.15) is 0 Å². The van der Waals surface area contributed by atoms with E-state index in [2.05, 4.69) is 10.2 Å². The molecular weight excluding hydrogens is 286 g/mol. The molecule has 1 saturated heterocycles. The Kier molecular flexibility index (Phi) is 5.39. The largest absolute Gasteiger partial charge is 0.469 e. The Morgan fingerprint density at radius 2 is 2.14 bits per heavy atom. The average molecular weight is 311 g/mol. The number of rotatable bonds is 5. The lowest BCUT2D eigenvalue weighted by Crippen LogP contribution is -2.42. The smallest absolute Gasteiger partial charge is 0.318 e. The summed E-state index contributed by atoms with van der Waals surface area (Å²) in [6.45, 7) is 2.33. The molecule has 1 aliphatic carbocycles. The van der Waals surface area contributed by atoms with E-state index in [0.29, 0.717) is 18.9 Å². The van der Waals surface area contributed by atoms with Crippen LogP contribution >= 0.6 is 0 Å². The van der Waals surface area contributed by atoms with E-state index in [-0.39, 0.29) is 23.7 Å². The molecule has 0 aromatic rings. The summed E-state index contributed by atoms with van der Waals surface area (Å²) in [6.07, 6.45) is 5.09. The van der Waals surface area contributed by atoms with Crippen LogP contribution in [0.15, 0.2) is 0 Å². The number of likely N-dealkylation sites (tertiary alicyclic amines) is 1. The van der Waals surface area contributed by atoms with Crippen LogP contribution in [0.1, 0.15) is 38.5 Å². The van der Waals surface area contributed by atoms with Crippen LogP contribution in [-0.2, 0) is 14.3 Å². The van der Waals surface area contributed by atoms with Crippen LogP contribution in [0.25, 0.3) is 0 Å². The maximum absolute atomic E-state index is 12.3. The molecule has 124 valence electrons. The third-order valence-electron chi connectivity index (χ3n) is 4.92. The summed E-state index contributed by atoms with van der Waals surface area (Å²) >= 11 is 0. The normalized spacial score (nSPS) is 28.0. The Hall–Kier alpha value is -1.63. The number of hydrogen-bond acceptors (Lipinski definition) is 5. The summed E-state index contributed by atoms with van der Waals surface area (Å²) in [4.78, 5) is 36.5. The van der Waals surface area contributed by atoms with Gasteiger partial charge in [0.1, 0.15) is 0 Å². The molecule has 1 heterocycles. The van der Waals surface area contributed by atoms with E-state index >= 15 is 0 Å². The van der Waals surface area contributed by atoms with Crippen LogP contribution in [-0.4, -0.2) is 49.6 Å². The van der Waals surface area contributed by atoms with E-state index in [0.717, 1.165) is 38.8 Å². The van der Waals surface area contributed by atoms with Crippen LogP contribution in [0, 0.1) is 11.3 Å². The van der Waals surface area contributed by atoms with E-state index in [4.69, 9.17) is 10.5 Å². The maximum Gasteiger partial charge on any atom is 0.318 e. The second kappa shape index (κ2) is 7.09. The molecule has 7 heteroatoms. The van der Waals surface area contributed by atoms with Crippen molar-refractivity contribution in [1.82, 2.24) is 10.2 Å². The van der Waals surface area contributed by atoms with Crippen molar-refractivity contribution < 1.29 is 19.1 Å². The van der Waals surface area contributed by atoms with E-state index in [1.165, 1.54) is 7.11 Å². The molecule has 0 aromatic carbocycles. The van der Waals surface area contributed by atoms with Gasteiger partial charge in [0.25, 0.3) is 0 Å². The molecule has 0 bridgehead atoms. The number of nitrogens with one attached hydrogen (secondary N) is 1. The van der Waals surface area contributed by atoms with Gasteiger partial charge in [0.05, 0.1) is 12.5 Å². The Bertz CT molecular complexity index is 454. The number of imide groups is 1. The molecule has 3 N–H and O–H groups in total. The molecule has 2 fully saturated rings. The predicted molar refractivity (Wildman–Crippen MR) is 79.8 cm³/mol. The van der Waals surface area contributed by atoms with E-state index in [1.54, 1.807) is 0 Å². The van der Waals surface area contributed by atoms with Gasteiger partial charge in [-0.15, -0.1) is 0 Å². The summed E-state index contributed by atoms with van der Waals surface area (Å²) in [5, 5.41) is 2.06. The molecule has 2 atom stereocenters. The fourth-order valence-corrected chi connectivity index (χ4v) is 3.93. The fourth-order valence-electron chi connectivity index (χ4n) is 3.93. The fraction of sp³-hybridized carbons (Fsp3) is 0.800.